The van der Waals surface area contributed by atoms with E-state index < -0.39 is 0 Å². The molecule has 1 aromatic carbocycles. The number of hydrogen-bond acceptors (Lipinski definition) is 3. The van der Waals surface area contributed by atoms with Gasteiger partial charge in [0.05, 0.1) is 19.3 Å². The predicted molar refractivity (Wildman–Crippen MR) is 56.7 cm³/mol. The zero-order valence-electron chi connectivity index (χ0n) is 8.63. The Balaban J connectivity index is 2.04. The first-order valence-corrected chi connectivity index (χ1v) is 4.94. The fraction of sp³-hybridized carbons (Fsp3) is 0.273. The minimum atomic E-state index is 0.697. The zero-order valence-corrected chi connectivity index (χ0v) is 8.63. The van der Waals surface area contributed by atoms with Gasteiger partial charge in [0, 0.05) is 6.20 Å². The zero-order chi connectivity index (χ0) is 10.5. The van der Waals surface area contributed by atoms with Gasteiger partial charge in [-0.3, -0.25) is 0 Å². The van der Waals surface area contributed by atoms with Gasteiger partial charge < -0.3 is 4.74 Å². The van der Waals surface area contributed by atoms with Crippen LogP contribution in [0.1, 0.15) is 12.5 Å². The van der Waals surface area contributed by atoms with Gasteiger partial charge in [-0.05, 0) is 24.6 Å². The van der Waals surface area contributed by atoms with E-state index in [4.69, 9.17) is 4.74 Å². The summed E-state index contributed by atoms with van der Waals surface area (Å²) < 4.78 is 7.15. The predicted octanol–water partition coefficient (Wildman–Crippen LogP) is 1.73. The van der Waals surface area contributed by atoms with Gasteiger partial charge in [0.25, 0.3) is 0 Å². The molecule has 78 valence electrons. The van der Waals surface area contributed by atoms with Crippen molar-refractivity contribution in [2.24, 2.45) is 0 Å². The number of aromatic nitrogens is 3. The Labute approximate surface area is 88.5 Å². The monoisotopic (exact) mass is 203 g/mol. The lowest BCUT2D eigenvalue weighted by Gasteiger charge is -2.04. The molecule has 1 aromatic heterocycles. The van der Waals surface area contributed by atoms with E-state index in [2.05, 4.69) is 10.3 Å². The average molecular weight is 203 g/mol. The van der Waals surface area contributed by atoms with Crippen LogP contribution in [-0.2, 0) is 6.54 Å². The Hall–Kier alpha value is -1.84. The van der Waals surface area contributed by atoms with Crippen molar-refractivity contribution < 1.29 is 4.74 Å². The van der Waals surface area contributed by atoms with Gasteiger partial charge in [-0.2, -0.15) is 0 Å². The van der Waals surface area contributed by atoms with Crippen LogP contribution in [0.4, 0.5) is 0 Å². The van der Waals surface area contributed by atoms with E-state index in [0.29, 0.717) is 6.61 Å². The minimum absolute atomic E-state index is 0.697. The molecule has 0 amide bonds. The van der Waals surface area contributed by atoms with Gasteiger partial charge in [-0.1, -0.05) is 17.3 Å². The van der Waals surface area contributed by atoms with Crippen LogP contribution in [0.15, 0.2) is 36.7 Å². The second-order valence-electron chi connectivity index (χ2n) is 3.18. The van der Waals surface area contributed by atoms with Crippen LogP contribution in [0.5, 0.6) is 5.75 Å². The van der Waals surface area contributed by atoms with E-state index >= 15 is 0 Å². The summed E-state index contributed by atoms with van der Waals surface area (Å²) in [5, 5.41) is 7.66. The molecule has 0 atom stereocenters. The van der Waals surface area contributed by atoms with Gasteiger partial charge in [-0.15, -0.1) is 5.10 Å². The van der Waals surface area contributed by atoms with Crippen LogP contribution in [0.25, 0.3) is 0 Å². The lowest BCUT2D eigenvalue weighted by Crippen LogP contribution is -2.00. The molecule has 0 aliphatic rings. The lowest BCUT2D eigenvalue weighted by atomic mass is 10.2. The van der Waals surface area contributed by atoms with Crippen LogP contribution in [0.3, 0.4) is 0 Å². The summed E-state index contributed by atoms with van der Waals surface area (Å²) in [7, 11) is 0. The summed E-state index contributed by atoms with van der Waals surface area (Å²) in [5.74, 6) is 0.903. The summed E-state index contributed by atoms with van der Waals surface area (Å²) in [4.78, 5) is 0. The molecule has 2 rings (SSSR count). The van der Waals surface area contributed by atoms with Crippen molar-refractivity contribution in [3.8, 4) is 5.75 Å². The Kier molecular flexibility index (Phi) is 2.97. The molecule has 0 radical (unpaired) electrons. The highest BCUT2D eigenvalue weighted by Gasteiger charge is 1.96. The fourth-order valence-electron chi connectivity index (χ4n) is 1.36. The highest BCUT2D eigenvalue weighted by molar-refractivity contribution is 5.27. The summed E-state index contributed by atoms with van der Waals surface area (Å²) in [6, 6.07) is 8.00. The maximum Gasteiger partial charge on any atom is 0.119 e. The maximum atomic E-state index is 5.36. The molecule has 0 N–H and O–H groups in total. The van der Waals surface area contributed by atoms with Crippen LogP contribution in [0, 0.1) is 0 Å². The Morgan fingerprint density at radius 2 is 2.07 bits per heavy atom. The van der Waals surface area contributed by atoms with E-state index in [9.17, 15) is 0 Å². The number of rotatable bonds is 4. The number of nitrogens with zero attached hydrogens (tertiary/aromatic N) is 3. The van der Waals surface area contributed by atoms with Gasteiger partial charge in [-0.25, -0.2) is 4.68 Å². The van der Waals surface area contributed by atoms with E-state index in [-0.39, 0.29) is 0 Å². The third kappa shape index (κ3) is 2.56. The quantitative estimate of drug-likeness (QED) is 0.759. The van der Waals surface area contributed by atoms with Crippen LogP contribution >= 0.6 is 0 Å². The normalized spacial score (nSPS) is 10.2. The summed E-state index contributed by atoms with van der Waals surface area (Å²) in [6.45, 7) is 3.41. The van der Waals surface area contributed by atoms with E-state index in [1.165, 1.54) is 5.56 Å². The molecule has 4 heteroatoms. The second kappa shape index (κ2) is 4.59. The smallest absolute Gasteiger partial charge is 0.119 e. The van der Waals surface area contributed by atoms with Gasteiger partial charge in [0.1, 0.15) is 5.75 Å². The largest absolute Gasteiger partial charge is 0.494 e. The Morgan fingerprint density at radius 1 is 1.27 bits per heavy atom. The van der Waals surface area contributed by atoms with Crippen molar-refractivity contribution in [1.82, 2.24) is 15.0 Å². The molecule has 0 aliphatic heterocycles. The van der Waals surface area contributed by atoms with Crippen LogP contribution < -0.4 is 4.74 Å². The average Bonchev–Trinajstić information content (AvgIpc) is 2.74. The van der Waals surface area contributed by atoms with Crippen LogP contribution in [-0.4, -0.2) is 21.6 Å². The molecule has 4 nitrogen and oxygen atoms in total. The lowest BCUT2D eigenvalue weighted by molar-refractivity contribution is 0.340. The molecule has 0 saturated heterocycles. The van der Waals surface area contributed by atoms with E-state index in [0.717, 1.165) is 12.3 Å². The molecular weight excluding hydrogens is 190 g/mol. The Bertz CT molecular complexity index is 394. The number of ether oxygens (including phenoxy) is 1. The molecule has 1 heterocycles. The first-order valence-electron chi connectivity index (χ1n) is 4.94. The molecule has 0 unspecified atom stereocenters. The summed E-state index contributed by atoms with van der Waals surface area (Å²) in [6.07, 6.45) is 3.52. The van der Waals surface area contributed by atoms with Crippen molar-refractivity contribution in [2.75, 3.05) is 6.61 Å². The SMILES string of the molecule is CCOc1ccc(Cn2ccnn2)cc1. The standard InChI is InChI=1S/C11H13N3O/c1-2-15-11-5-3-10(4-6-11)9-14-8-7-12-13-14/h3-8H,2,9H2,1H3. The topological polar surface area (TPSA) is 39.9 Å². The van der Waals surface area contributed by atoms with Gasteiger partial charge in [0.2, 0.25) is 0 Å². The van der Waals surface area contributed by atoms with Crippen molar-refractivity contribution >= 4 is 0 Å². The highest BCUT2D eigenvalue weighted by atomic mass is 16.5. The third-order valence-electron chi connectivity index (χ3n) is 2.05. The third-order valence-corrected chi connectivity index (χ3v) is 2.05. The van der Waals surface area contributed by atoms with Gasteiger partial charge >= 0.3 is 0 Å². The Morgan fingerprint density at radius 3 is 2.67 bits per heavy atom. The molecule has 0 aliphatic carbocycles. The second-order valence-corrected chi connectivity index (χ2v) is 3.18. The van der Waals surface area contributed by atoms with Crippen LogP contribution in [0.2, 0.25) is 0 Å². The first-order chi connectivity index (χ1) is 7.38. The highest BCUT2D eigenvalue weighted by Crippen LogP contribution is 2.12. The summed E-state index contributed by atoms with van der Waals surface area (Å²) in [5.41, 5.74) is 1.18. The minimum Gasteiger partial charge on any atom is -0.494 e. The maximum absolute atomic E-state index is 5.36. The fourth-order valence-corrected chi connectivity index (χ4v) is 1.36. The van der Waals surface area contributed by atoms with Gasteiger partial charge in [0.15, 0.2) is 0 Å². The molecule has 0 spiro atoms. The first kappa shape index (κ1) is 9.71. The molecular formula is C11H13N3O. The number of hydrogen-bond donors (Lipinski definition) is 0. The summed E-state index contributed by atoms with van der Waals surface area (Å²) >= 11 is 0. The molecule has 0 bridgehead atoms. The van der Waals surface area contributed by atoms with Crippen molar-refractivity contribution in [2.45, 2.75) is 13.5 Å². The molecule has 2 aromatic rings. The van der Waals surface area contributed by atoms with Crippen molar-refractivity contribution in [3.05, 3.63) is 42.2 Å². The van der Waals surface area contributed by atoms with E-state index in [1.54, 1.807) is 10.9 Å². The molecule has 0 saturated carbocycles. The molecule has 15 heavy (non-hydrogen) atoms. The molecule has 0 fully saturated rings. The van der Waals surface area contributed by atoms with E-state index in [1.807, 2.05) is 37.4 Å². The number of benzene rings is 1. The van der Waals surface area contributed by atoms with Crippen molar-refractivity contribution in [1.29, 1.82) is 0 Å². The van der Waals surface area contributed by atoms with Crippen molar-refractivity contribution in [3.63, 3.8) is 0 Å².